The summed E-state index contributed by atoms with van der Waals surface area (Å²) in [6.07, 6.45) is 7.51. The number of nitrogens with zero attached hydrogens (tertiary/aromatic N) is 1. The minimum Gasteiger partial charge on any atom is -0.317 e. The normalized spacial score (nSPS) is 14.8. The van der Waals surface area contributed by atoms with E-state index in [4.69, 9.17) is 0 Å². The molecular weight excluding hydrogens is 248 g/mol. The summed E-state index contributed by atoms with van der Waals surface area (Å²) in [5.74, 6) is 0.906. The molecule has 0 bridgehead atoms. The van der Waals surface area contributed by atoms with Gasteiger partial charge in [0.2, 0.25) is 6.08 Å². The van der Waals surface area contributed by atoms with Gasteiger partial charge < -0.3 is 5.32 Å². The smallest absolute Gasteiger partial charge is 0.234 e. The Morgan fingerprint density at radius 2 is 1.95 bits per heavy atom. The van der Waals surface area contributed by atoms with Gasteiger partial charge in [-0.3, -0.25) is 0 Å². The zero-order valence-corrected chi connectivity index (χ0v) is 12.5. The molecule has 20 heavy (non-hydrogen) atoms. The molecule has 110 valence electrons. The Balaban J connectivity index is 0.000000246. The zero-order chi connectivity index (χ0) is 14.5. The van der Waals surface area contributed by atoms with Crippen molar-refractivity contribution in [1.82, 2.24) is 5.32 Å². The van der Waals surface area contributed by atoms with Gasteiger partial charge in [-0.25, -0.2) is 9.79 Å². The average molecular weight is 274 g/mol. The summed E-state index contributed by atoms with van der Waals surface area (Å²) in [5.41, 5.74) is 1.49. The first-order valence-electron chi connectivity index (χ1n) is 7.65. The molecule has 1 heterocycles. The van der Waals surface area contributed by atoms with Crippen molar-refractivity contribution in [2.24, 2.45) is 10.9 Å². The van der Waals surface area contributed by atoms with Crippen molar-refractivity contribution < 1.29 is 4.79 Å². The number of unbranched alkanes of at least 4 members (excludes halogenated alkanes) is 1. The zero-order valence-electron chi connectivity index (χ0n) is 12.5. The van der Waals surface area contributed by atoms with Gasteiger partial charge in [0.1, 0.15) is 0 Å². The Morgan fingerprint density at radius 1 is 1.25 bits per heavy atom. The van der Waals surface area contributed by atoms with Gasteiger partial charge in [-0.2, -0.15) is 0 Å². The predicted molar refractivity (Wildman–Crippen MR) is 83.6 cm³/mol. The molecule has 1 aliphatic rings. The summed E-state index contributed by atoms with van der Waals surface area (Å²) in [4.78, 5) is 12.7. The van der Waals surface area contributed by atoms with Gasteiger partial charge in [0, 0.05) is 0 Å². The second-order valence-corrected chi connectivity index (χ2v) is 5.21. The molecule has 2 rings (SSSR count). The molecular formula is C17H26N2O. The number of benzene rings is 1. The molecule has 0 aliphatic carbocycles. The standard InChI is InChI=1S/C12H17N.C5H9NO/c1-2-4-11(5-3-1)10-12-6-8-13-9-7-12;1-2-3-4-6-5-7/h1-5,12-13H,6-10H2;2-4H2,1H3. The maximum absolute atomic E-state index is 9.39. The van der Waals surface area contributed by atoms with Crippen LogP contribution in [0.25, 0.3) is 0 Å². The van der Waals surface area contributed by atoms with E-state index in [9.17, 15) is 4.79 Å². The molecule has 0 spiro atoms. The number of hydrogen-bond donors (Lipinski definition) is 1. The molecule has 3 nitrogen and oxygen atoms in total. The molecule has 1 aromatic carbocycles. The number of piperidine rings is 1. The van der Waals surface area contributed by atoms with Crippen molar-refractivity contribution in [2.75, 3.05) is 19.6 Å². The van der Waals surface area contributed by atoms with E-state index in [-0.39, 0.29) is 0 Å². The number of isocyanates is 1. The number of rotatable bonds is 5. The van der Waals surface area contributed by atoms with Gasteiger partial charge >= 0.3 is 0 Å². The fraction of sp³-hybridized carbons (Fsp3) is 0.588. The number of aliphatic imine (C=N–C) groups is 1. The van der Waals surface area contributed by atoms with Gasteiger partial charge in [0.25, 0.3) is 0 Å². The lowest BCUT2D eigenvalue weighted by atomic mass is 9.91. The first kappa shape index (κ1) is 16.6. The number of nitrogens with one attached hydrogen (secondary N) is 1. The van der Waals surface area contributed by atoms with Crippen molar-refractivity contribution in [2.45, 2.75) is 39.0 Å². The van der Waals surface area contributed by atoms with Crippen LogP contribution in [0.5, 0.6) is 0 Å². The second-order valence-electron chi connectivity index (χ2n) is 5.21. The molecule has 1 aromatic rings. The maximum Gasteiger partial charge on any atom is 0.234 e. The van der Waals surface area contributed by atoms with E-state index in [0.29, 0.717) is 6.54 Å². The number of hydrogen-bond acceptors (Lipinski definition) is 3. The van der Waals surface area contributed by atoms with E-state index in [0.717, 1.165) is 18.8 Å². The highest BCUT2D eigenvalue weighted by Gasteiger charge is 2.12. The van der Waals surface area contributed by atoms with Crippen LogP contribution in [0.4, 0.5) is 0 Å². The molecule has 0 unspecified atom stereocenters. The van der Waals surface area contributed by atoms with Crippen LogP contribution >= 0.6 is 0 Å². The van der Waals surface area contributed by atoms with Crippen molar-refractivity contribution in [3.8, 4) is 0 Å². The molecule has 0 aromatic heterocycles. The largest absolute Gasteiger partial charge is 0.317 e. The lowest BCUT2D eigenvalue weighted by molar-refractivity contribution is 0.372. The van der Waals surface area contributed by atoms with Crippen LogP contribution in [0.2, 0.25) is 0 Å². The molecule has 1 aliphatic heterocycles. The lowest BCUT2D eigenvalue weighted by Crippen LogP contribution is -2.28. The fourth-order valence-corrected chi connectivity index (χ4v) is 2.32. The summed E-state index contributed by atoms with van der Waals surface area (Å²) in [6.45, 7) is 5.11. The summed E-state index contributed by atoms with van der Waals surface area (Å²) >= 11 is 0. The van der Waals surface area contributed by atoms with Crippen molar-refractivity contribution >= 4 is 6.08 Å². The van der Waals surface area contributed by atoms with Crippen LogP contribution in [0.3, 0.4) is 0 Å². The highest BCUT2D eigenvalue weighted by atomic mass is 16.1. The highest BCUT2D eigenvalue weighted by molar-refractivity contribution is 5.32. The minimum atomic E-state index is 0.639. The predicted octanol–water partition coefficient (Wildman–Crippen LogP) is 3.35. The Bertz CT molecular complexity index is 379. The first-order valence-corrected chi connectivity index (χ1v) is 7.65. The van der Waals surface area contributed by atoms with Crippen molar-refractivity contribution in [1.29, 1.82) is 0 Å². The van der Waals surface area contributed by atoms with Crippen LogP contribution in [-0.2, 0) is 11.2 Å². The van der Waals surface area contributed by atoms with E-state index < -0.39 is 0 Å². The Kier molecular flexibility index (Phi) is 9.46. The Labute approximate surface area is 122 Å². The van der Waals surface area contributed by atoms with Crippen LogP contribution in [0, 0.1) is 5.92 Å². The third-order valence-electron chi connectivity index (χ3n) is 3.51. The van der Waals surface area contributed by atoms with Crippen LogP contribution in [-0.4, -0.2) is 25.7 Å². The SMILES string of the molecule is CCCCN=C=O.c1ccc(CC2CCNCC2)cc1. The highest BCUT2D eigenvalue weighted by Crippen LogP contribution is 2.17. The fourth-order valence-electron chi connectivity index (χ4n) is 2.32. The molecule has 1 N–H and O–H groups in total. The minimum absolute atomic E-state index is 0.639. The van der Waals surface area contributed by atoms with E-state index in [1.54, 1.807) is 0 Å². The van der Waals surface area contributed by atoms with Crippen molar-refractivity contribution in [3.05, 3.63) is 35.9 Å². The van der Waals surface area contributed by atoms with Crippen LogP contribution in [0.15, 0.2) is 35.3 Å². The van der Waals surface area contributed by atoms with Gasteiger partial charge in [-0.15, -0.1) is 0 Å². The quantitative estimate of drug-likeness (QED) is 0.508. The molecule has 0 saturated carbocycles. The molecule has 1 saturated heterocycles. The molecule has 3 heteroatoms. The van der Waals surface area contributed by atoms with Gasteiger partial charge in [-0.05, 0) is 50.3 Å². The van der Waals surface area contributed by atoms with Gasteiger partial charge in [0.05, 0.1) is 6.54 Å². The monoisotopic (exact) mass is 274 g/mol. The third-order valence-corrected chi connectivity index (χ3v) is 3.51. The summed E-state index contributed by atoms with van der Waals surface area (Å²) in [5, 5.41) is 3.40. The number of carbonyl (C=O) groups excluding carboxylic acids is 1. The third kappa shape index (κ3) is 7.88. The molecule has 0 atom stereocenters. The molecule has 0 radical (unpaired) electrons. The average Bonchev–Trinajstić information content (AvgIpc) is 2.51. The molecule has 0 amide bonds. The lowest BCUT2D eigenvalue weighted by Gasteiger charge is -2.22. The summed E-state index contributed by atoms with van der Waals surface area (Å²) < 4.78 is 0. The Hall–Kier alpha value is -1.44. The van der Waals surface area contributed by atoms with E-state index in [1.807, 2.05) is 0 Å². The topological polar surface area (TPSA) is 41.5 Å². The van der Waals surface area contributed by atoms with Crippen LogP contribution in [0.1, 0.15) is 38.2 Å². The van der Waals surface area contributed by atoms with Gasteiger partial charge in [0.15, 0.2) is 0 Å². The second kappa shape index (κ2) is 11.4. The van der Waals surface area contributed by atoms with E-state index in [2.05, 4.69) is 47.6 Å². The Morgan fingerprint density at radius 3 is 2.55 bits per heavy atom. The van der Waals surface area contributed by atoms with Crippen molar-refractivity contribution in [3.63, 3.8) is 0 Å². The van der Waals surface area contributed by atoms with E-state index in [1.165, 1.54) is 44.0 Å². The van der Waals surface area contributed by atoms with E-state index >= 15 is 0 Å². The van der Waals surface area contributed by atoms with Gasteiger partial charge in [-0.1, -0.05) is 43.7 Å². The summed E-state index contributed by atoms with van der Waals surface area (Å²) in [7, 11) is 0. The van der Waals surface area contributed by atoms with Crippen LogP contribution < -0.4 is 5.32 Å². The molecule has 1 fully saturated rings. The first-order chi connectivity index (χ1) is 9.86. The maximum atomic E-state index is 9.39. The summed E-state index contributed by atoms with van der Waals surface area (Å²) in [6, 6.07) is 10.8.